The molecule has 2 heterocycles. The quantitative estimate of drug-likeness (QED) is 0.215. The van der Waals surface area contributed by atoms with E-state index in [0.717, 1.165) is 11.1 Å². The third kappa shape index (κ3) is 4.67. The molecule has 8 heteroatoms. The van der Waals surface area contributed by atoms with E-state index in [4.69, 9.17) is 9.47 Å². The van der Waals surface area contributed by atoms with E-state index in [9.17, 15) is 10.1 Å². The van der Waals surface area contributed by atoms with Gasteiger partial charge in [0.15, 0.2) is 0 Å². The molecule has 3 aromatic carbocycles. The van der Waals surface area contributed by atoms with Crippen molar-refractivity contribution in [1.29, 1.82) is 0 Å². The summed E-state index contributed by atoms with van der Waals surface area (Å²) in [4.78, 5) is 15.8. The Morgan fingerprint density at radius 2 is 1.49 bits per heavy atom. The van der Waals surface area contributed by atoms with Crippen LogP contribution >= 0.6 is 0 Å². The maximum atomic E-state index is 11.6. The zero-order chi connectivity index (χ0) is 24.2. The summed E-state index contributed by atoms with van der Waals surface area (Å²) in [6.45, 7) is 0.665. The van der Waals surface area contributed by atoms with Crippen molar-refractivity contribution in [3.05, 3.63) is 112 Å². The summed E-state index contributed by atoms with van der Waals surface area (Å²) in [5.74, 6) is 0.748. The van der Waals surface area contributed by atoms with Gasteiger partial charge in [-0.25, -0.2) is 0 Å². The number of nitro benzene ring substituents is 1. The fourth-order valence-corrected chi connectivity index (χ4v) is 3.91. The number of ether oxygens (including phenoxy) is 2. The monoisotopic (exact) mass is 466 g/mol. The van der Waals surface area contributed by atoms with Gasteiger partial charge in [0.05, 0.1) is 10.5 Å². The molecule has 0 spiro atoms. The van der Waals surface area contributed by atoms with Crippen LogP contribution in [0, 0.1) is 10.1 Å². The van der Waals surface area contributed by atoms with Gasteiger partial charge in [0.1, 0.15) is 24.4 Å². The first-order valence-corrected chi connectivity index (χ1v) is 11.0. The van der Waals surface area contributed by atoms with Gasteiger partial charge in [-0.2, -0.15) is 10.1 Å². The Balaban J connectivity index is 1.54. The molecule has 8 nitrogen and oxygen atoms in total. The standard InChI is InChI=1S/C27H22N4O4/c1-30-26-21(13-8-14-23(26)31(32)33)25(29-30)22-15-16-24(34-17-19-9-4-2-5-10-19)28-27(22)35-18-20-11-6-3-7-12-20/h2-16H,17-18H2,1H3. The van der Waals surface area contributed by atoms with Crippen molar-refractivity contribution < 1.29 is 14.4 Å². The normalized spacial score (nSPS) is 10.9. The van der Waals surface area contributed by atoms with Crippen molar-refractivity contribution in [3.63, 3.8) is 0 Å². The topological polar surface area (TPSA) is 92.3 Å². The second kappa shape index (κ2) is 9.64. The zero-order valence-electron chi connectivity index (χ0n) is 19.0. The molecule has 5 aromatic rings. The van der Waals surface area contributed by atoms with E-state index in [0.29, 0.717) is 47.1 Å². The lowest BCUT2D eigenvalue weighted by Crippen LogP contribution is -2.02. The van der Waals surface area contributed by atoms with Crippen molar-refractivity contribution >= 4 is 16.6 Å². The summed E-state index contributed by atoms with van der Waals surface area (Å²) in [5, 5.41) is 16.8. The van der Waals surface area contributed by atoms with E-state index >= 15 is 0 Å². The van der Waals surface area contributed by atoms with Crippen LogP contribution < -0.4 is 9.47 Å². The van der Waals surface area contributed by atoms with Crippen LogP contribution in [-0.4, -0.2) is 19.7 Å². The Morgan fingerprint density at radius 1 is 0.829 bits per heavy atom. The number of hydrogen-bond donors (Lipinski definition) is 0. The molecular weight excluding hydrogens is 444 g/mol. The second-order valence-corrected chi connectivity index (χ2v) is 7.95. The molecule has 0 fully saturated rings. The number of fused-ring (bicyclic) bond motifs is 1. The van der Waals surface area contributed by atoms with Crippen molar-refractivity contribution in [1.82, 2.24) is 14.8 Å². The summed E-state index contributed by atoms with van der Waals surface area (Å²) in [5.41, 5.74) is 3.61. The first-order chi connectivity index (χ1) is 17.1. The average Bonchev–Trinajstić information content (AvgIpc) is 3.23. The van der Waals surface area contributed by atoms with E-state index in [1.165, 1.54) is 10.7 Å². The van der Waals surface area contributed by atoms with Crippen molar-refractivity contribution in [3.8, 4) is 23.0 Å². The number of para-hydroxylation sites is 1. The number of hydrogen-bond acceptors (Lipinski definition) is 6. The highest BCUT2D eigenvalue weighted by Crippen LogP contribution is 2.37. The largest absolute Gasteiger partial charge is 0.473 e. The van der Waals surface area contributed by atoms with Crippen LogP contribution in [-0.2, 0) is 20.3 Å². The summed E-state index contributed by atoms with van der Waals surface area (Å²) < 4.78 is 13.6. The van der Waals surface area contributed by atoms with Crippen LogP contribution in [0.25, 0.3) is 22.2 Å². The molecule has 0 bridgehead atoms. The molecule has 5 rings (SSSR count). The lowest BCUT2D eigenvalue weighted by molar-refractivity contribution is -0.383. The molecule has 0 aliphatic rings. The molecule has 0 atom stereocenters. The van der Waals surface area contributed by atoms with E-state index < -0.39 is 4.92 Å². The average molecular weight is 466 g/mol. The lowest BCUT2D eigenvalue weighted by Gasteiger charge is -2.12. The van der Waals surface area contributed by atoms with Gasteiger partial charge in [-0.1, -0.05) is 72.8 Å². The molecule has 0 radical (unpaired) electrons. The Hall–Kier alpha value is -4.72. The van der Waals surface area contributed by atoms with Crippen LogP contribution in [0.2, 0.25) is 0 Å². The third-order valence-electron chi connectivity index (χ3n) is 5.58. The number of aryl methyl sites for hydroxylation is 1. The number of pyridine rings is 1. The minimum absolute atomic E-state index is 0.00808. The van der Waals surface area contributed by atoms with Gasteiger partial charge in [0.25, 0.3) is 5.69 Å². The highest BCUT2D eigenvalue weighted by atomic mass is 16.6. The Morgan fingerprint density at radius 3 is 2.14 bits per heavy atom. The van der Waals surface area contributed by atoms with Crippen molar-refractivity contribution in [2.45, 2.75) is 13.2 Å². The van der Waals surface area contributed by atoms with Gasteiger partial charge in [0.2, 0.25) is 11.8 Å². The maximum absolute atomic E-state index is 11.6. The minimum Gasteiger partial charge on any atom is -0.473 e. The van der Waals surface area contributed by atoms with Crippen LogP contribution in [0.3, 0.4) is 0 Å². The van der Waals surface area contributed by atoms with Gasteiger partial charge in [-0.15, -0.1) is 0 Å². The minimum atomic E-state index is -0.403. The zero-order valence-corrected chi connectivity index (χ0v) is 19.0. The van der Waals surface area contributed by atoms with Crippen molar-refractivity contribution in [2.75, 3.05) is 0 Å². The summed E-state index contributed by atoms with van der Waals surface area (Å²) in [6.07, 6.45) is 0. The van der Waals surface area contributed by atoms with Gasteiger partial charge in [0, 0.05) is 24.6 Å². The second-order valence-electron chi connectivity index (χ2n) is 7.95. The molecule has 0 aliphatic carbocycles. The molecule has 0 N–H and O–H groups in total. The number of non-ortho nitro benzene ring substituents is 1. The SMILES string of the molecule is Cn1nc(-c2ccc(OCc3ccccc3)nc2OCc2ccccc2)c2cccc([N+](=O)[O-])c21. The predicted octanol–water partition coefficient (Wildman–Crippen LogP) is 5.70. The van der Waals surface area contributed by atoms with E-state index in [1.54, 1.807) is 19.2 Å². The number of aromatic nitrogens is 3. The van der Waals surface area contributed by atoms with Crippen LogP contribution in [0.4, 0.5) is 5.69 Å². The summed E-state index contributed by atoms with van der Waals surface area (Å²) in [7, 11) is 1.69. The molecule has 0 saturated heterocycles. The van der Waals surface area contributed by atoms with E-state index in [1.807, 2.05) is 72.8 Å². The molecular formula is C27H22N4O4. The van der Waals surface area contributed by atoms with Crippen LogP contribution in [0.15, 0.2) is 91.0 Å². The summed E-state index contributed by atoms with van der Waals surface area (Å²) in [6, 6.07) is 28.1. The number of benzene rings is 3. The Bertz CT molecular complexity index is 1480. The van der Waals surface area contributed by atoms with Crippen molar-refractivity contribution in [2.24, 2.45) is 7.05 Å². The molecule has 0 amide bonds. The summed E-state index contributed by atoms with van der Waals surface area (Å²) >= 11 is 0. The van der Waals surface area contributed by atoms with E-state index in [-0.39, 0.29) is 5.69 Å². The van der Waals surface area contributed by atoms with E-state index in [2.05, 4.69) is 10.1 Å². The third-order valence-corrected chi connectivity index (χ3v) is 5.58. The molecule has 174 valence electrons. The molecule has 2 aromatic heterocycles. The maximum Gasteiger partial charge on any atom is 0.295 e. The highest BCUT2D eigenvalue weighted by Gasteiger charge is 2.22. The van der Waals surface area contributed by atoms with Crippen LogP contribution in [0.1, 0.15) is 11.1 Å². The highest BCUT2D eigenvalue weighted by molar-refractivity contribution is 5.99. The Labute approximate surface area is 201 Å². The number of nitro groups is 1. The Kier molecular flexibility index (Phi) is 6.09. The smallest absolute Gasteiger partial charge is 0.295 e. The molecule has 0 aliphatic heterocycles. The molecule has 0 saturated carbocycles. The molecule has 0 unspecified atom stereocenters. The van der Waals surface area contributed by atoms with Gasteiger partial charge < -0.3 is 9.47 Å². The first kappa shape index (κ1) is 22.1. The van der Waals surface area contributed by atoms with Gasteiger partial charge >= 0.3 is 0 Å². The number of rotatable bonds is 8. The fourth-order valence-electron chi connectivity index (χ4n) is 3.91. The van der Waals surface area contributed by atoms with Gasteiger partial charge in [-0.3, -0.25) is 14.8 Å². The molecule has 35 heavy (non-hydrogen) atoms. The van der Waals surface area contributed by atoms with Crippen LogP contribution in [0.5, 0.6) is 11.8 Å². The lowest BCUT2D eigenvalue weighted by atomic mass is 10.1. The number of nitrogens with zero attached hydrogens (tertiary/aromatic N) is 4. The predicted molar refractivity (Wildman–Crippen MR) is 132 cm³/mol. The van der Waals surface area contributed by atoms with Gasteiger partial charge in [-0.05, 0) is 17.2 Å². The fraction of sp³-hybridized carbons (Fsp3) is 0.111. The first-order valence-electron chi connectivity index (χ1n) is 11.0.